The maximum absolute atomic E-state index is 13.3. The molecule has 5 nitrogen and oxygen atoms in total. The number of benzene rings is 2. The zero-order valence-corrected chi connectivity index (χ0v) is 15.6. The van der Waals surface area contributed by atoms with Gasteiger partial charge in [-0.05, 0) is 38.5 Å². The average Bonchev–Trinajstić information content (AvgIpc) is 2.98. The molecule has 0 bridgehead atoms. The Labute approximate surface area is 158 Å². The first-order chi connectivity index (χ1) is 13.0. The van der Waals surface area contributed by atoms with Gasteiger partial charge < -0.3 is 5.32 Å². The fourth-order valence-corrected chi connectivity index (χ4v) is 3.68. The first kappa shape index (κ1) is 17.2. The maximum atomic E-state index is 13.3. The maximum Gasteiger partial charge on any atom is 0.226 e. The molecule has 2 heterocycles. The standard InChI is InChI=1S/C22H21N3O2/c1-13-8-10-16(11-9-13)25-22-20(15(3)24-25)18(12-19(26)23-22)21(27)17-7-5-4-6-14(17)2/h4-11,18H,12H2,1-3H3,(H,23,26). The molecule has 1 atom stereocenters. The van der Waals surface area contributed by atoms with Gasteiger partial charge in [-0.3, -0.25) is 9.59 Å². The second-order valence-corrected chi connectivity index (χ2v) is 7.08. The highest BCUT2D eigenvalue weighted by atomic mass is 16.2. The van der Waals surface area contributed by atoms with Crippen LogP contribution in [0.15, 0.2) is 48.5 Å². The van der Waals surface area contributed by atoms with E-state index in [1.165, 1.54) is 0 Å². The van der Waals surface area contributed by atoms with E-state index in [1.807, 2.05) is 69.3 Å². The molecule has 1 N–H and O–H groups in total. The third kappa shape index (κ3) is 2.95. The van der Waals surface area contributed by atoms with Gasteiger partial charge in [-0.25, -0.2) is 4.68 Å². The van der Waals surface area contributed by atoms with Crippen LogP contribution < -0.4 is 5.32 Å². The van der Waals surface area contributed by atoms with Gasteiger partial charge in [0.2, 0.25) is 5.91 Å². The molecule has 1 aromatic heterocycles. The summed E-state index contributed by atoms with van der Waals surface area (Å²) in [5, 5.41) is 7.55. The Morgan fingerprint density at radius 1 is 1.07 bits per heavy atom. The number of rotatable bonds is 3. The normalized spacial score (nSPS) is 16.0. The number of fused-ring (bicyclic) bond motifs is 1. The molecule has 0 spiro atoms. The van der Waals surface area contributed by atoms with Gasteiger partial charge in [0, 0.05) is 17.5 Å². The number of carbonyl (C=O) groups is 2. The molecule has 2 aromatic carbocycles. The van der Waals surface area contributed by atoms with Crippen LogP contribution in [0.5, 0.6) is 0 Å². The molecular weight excluding hydrogens is 338 g/mol. The summed E-state index contributed by atoms with van der Waals surface area (Å²) in [6.45, 7) is 5.82. The van der Waals surface area contributed by atoms with Crippen molar-refractivity contribution in [3.05, 3.63) is 76.5 Å². The van der Waals surface area contributed by atoms with Gasteiger partial charge in [0.1, 0.15) is 5.82 Å². The van der Waals surface area contributed by atoms with E-state index in [4.69, 9.17) is 0 Å². The molecule has 0 radical (unpaired) electrons. The zero-order valence-electron chi connectivity index (χ0n) is 15.6. The Kier molecular flexibility index (Phi) is 4.15. The SMILES string of the molecule is Cc1ccc(-n2nc(C)c3c2NC(=O)CC3C(=O)c2ccccc2C)cc1. The number of nitrogens with one attached hydrogen (secondary N) is 1. The van der Waals surface area contributed by atoms with Crippen molar-refractivity contribution in [2.45, 2.75) is 33.1 Å². The van der Waals surface area contributed by atoms with Crippen LogP contribution in [0.25, 0.3) is 5.69 Å². The fraction of sp³-hybridized carbons (Fsp3) is 0.227. The first-order valence-electron chi connectivity index (χ1n) is 9.02. The summed E-state index contributed by atoms with van der Waals surface area (Å²) in [6.07, 6.45) is 0.139. The second kappa shape index (κ2) is 6.50. The largest absolute Gasteiger partial charge is 0.310 e. The van der Waals surface area contributed by atoms with E-state index in [9.17, 15) is 9.59 Å². The quantitative estimate of drug-likeness (QED) is 0.716. The Morgan fingerprint density at radius 3 is 2.48 bits per heavy atom. The minimum absolute atomic E-state index is 0.0317. The summed E-state index contributed by atoms with van der Waals surface area (Å²) in [5.74, 6) is -0.118. The summed E-state index contributed by atoms with van der Waals surface area (Å²) in [7, 11) is 0. The number of amides is 1. The lowest BCUT2D eigenvalue weighted by Crippen LogP contribution is -2.28. The molecule has 0 aliphatic carbocycles. The molecule has 1 unspecified atom stereocenters. The summed E-state index contributed by atoms with van der Waals surface area (Å²) < 4.78 is 1.72. The van der Waals surface area contributed by atoms with Crippen LogP contribution in [-0.4, -0.2) is 21.5 Å². The molecule has 1 aliphatic rings. The van der Waals surface area contributed by atoms with Gasteiger partial charge >= 0.3 is 0 Å². The minimum Gasteiger partial charge on any atom is -0.310 e. The van der Waals surface area contributed by atoms with Crippen molar-refractivity contribution in [3.63, 3.8) is 0 Å². The molecule has 4 rings (SSSR count). The summed E-state index contributed by atoms with van der Waals surface area (Å²) in [6, 6.07) is 15.4. The lowest BCUT2D eigenvalue weighted by molar-refractivity contribution is -0.116. The topological polar surface area (TPSA) is 64.0 Å². The molecule has 3 aromatic rings. The average molecular weight is 359 g/mol. The summed E-state index contributed by atoms with van der Waals surface area (Å²) in [5.41, 5.74) is 5.15. The van der Waals surface area contributed by atoms with E-state index in [0.717, 1.165) is 28.1 Å². The lowest BCUT2D eigenvalue weighted by atomic mass is 9.84. The Bertz CT molecular complexity index is 1050. The van der Waals surface area contributed by atoms with Crippen LogP contribution in [0.4, 0.5) is 5.82 Å². The van der Waals surface area contributed by atoms with E-state index in [0.29, 0.717) is 11.4 Å². The molecule has 5 heteroatoms. The molecule has 0 saturated carbocycles. The lowest BCUT2D eigenvalue weighted by Gasteiger charge is -2.23. The number of aromatic nitrogens is 2. The van der Waals surface area contributed by atoms with Gasteiger partial charge in [0.05, 0.1) is 17.3 Å². The van der Waals surface area contributed by atoms with E-state index < -0.39 is 5.92 Å². The summed E-state index contributed by atoms with van der Waals surface area (Å²) in [4.78, 5) is 25.7. The monoisotopic (exact) mass is 359 g/mol. The second-order valence-electron chi connectivity index (χ2n) is 7.08. The number of Topliss-reactive ketones (excluding diaryl/α,β-unsaturated/α-hetero) is 1. The van der Waals surface area contributed by atoms with E-state index in [2.05, 4.69) is 10.4 Å². The van der Waals surface area contributed by atoms with Gasteiger partial charge in [-0.15, -0.1) is 0 Å². The highest BCUT2D eigenvalue weighted by Gasteiger charge is 2.36. The van der Waals surface area contributed by atoms with Crippen molar-refractivity contribution in [2.75, 3.05) is 5.32 Å². The predicted octanol–water partition coefficient (Wildman–Crippen LogP) is 4.11. The van der Waals surface area contributed by atoms with Crippen LogP contribution in [0, 0.1) is 20.8 Å². The van der Waals surface area contributed by atoms with Crippen LogP contribution in [0.2, 0.25) is 0 Å². The number of nitrogens with zero attached hydrogens (tertiary/aromatic N) is 2. The Hall–Kier alpha value is -3.21. The number of anilines is 1. The van der Waals surface area contributed by atoms with Crippen molar-refractivity contribution >= 4 is 17.5 Å². The van der Waals surface area contributed by atoms with Crippen molar-refractivity contribution in [2.24, 2.45) is 0 Å². The third-order valence-electron chi connectivity index (χ3n) is 5.11. The van der Waals surface area contributed by atoms with Crippen LogP contribution in [0.1, 0.15) is 45.1 Å². The third-order valence-corrected chi connectivity index (χ3v) is 5.11. The fourth-order valence-electron chi connectivity index (χ4n) is 3.68. The molecular formula is C22H21N3O2. The molecule has 136 valence electrons. The van der Waals surface area contributed by atoms with Crippen molar-refractivity contribution < 1.29 is 9.59 Å². The van der Waals surface area contributed by atoms with E-state index >= 15 is 0 Å². The van der Waals surface area contributed by atoms with Crippen LogP contribution in [-0.2, 0) is 4.79 Å². The smallest absolute Gasteiger partial charge is 0.226 e. The highest BCUT2D eigenvalue weighted by Crippen LogP contribution is 2.38. The molecule has 27 heavy (non-hydrogen) atoms. The number of ketones is 1. The zero-order chi connectivity index (χ0) is 19.1. The molecule has 1 amide bonds. The number of carbonyl (C=O) groups excluding carboxylic acids is 2. The highest BCUT2D eigenvalue weighted by molar-refractivity contribution is 6.08. The Morgan fingerprint density at radius 2 is 1.78 bits per heavy atom. The van der Waals surface area contributed by atoms with Gasteiger partial charge in [-0.1, -0.05) is 42.0 Å². The molecule has 1 aliphatic heterocycles. The molecule has 0 fully saturated rings. The number of aryl methyl sites for hydroxylation is 3. The first-order valence-corrected chi connectivity index (χ1v) is 9.02. The summed E-state index contributed by atoms with van der Waals surface area (Å²) >= 11 is 0. The van der Waals surface area contributed by atoms with Gasteiger partial charge in [0.15, 0.2) is 5.78 Å². The number of hydrogen-bond donors (Lipinski definition) is 1. The van der Waals surface area contributed by atoms with Crippen LogP contribution >= 0.6 is 0 Å². The van der Waals surface area contributed by atoms with Crippen molar-refractivity contribution in [3.8, 4) is 5.69 Å². The van der Waals surface area contributed by atoms with Crippen molar-refractivity contribution in [1.82, 2.24) is 9.78 Å². The van der Waals surface area contributed by atoms with E-state index in [1.54, 1.807) is 4.68 Å². The number of hydrogen-bond acceptors (Lipinski definition) is 3. The Balaban J connectivity index is 1.83. The van der Waals surface area contributed by atoms with Crippen LogP contribution in [0.3, 0.4) is 0 Å². The molecule has 0 saturated heterocycles. The predicted molar refractivity (Wildman–Crippen MR) is 105 cm³/mol. The minimum atomic E-state index is -0.519. The van der Waals surface area contributed by atoms with Crippen molar-refractivity contribution in [1.29, 1.82) is 0 Å². The van der Waals surface area contributed by atoms with Gasteiger partial charge in [0.25, 0.3) is 0 Å². The van der Waals surface area contributed by atoms with Gasteiger partial charge in [-0.2, -0.15) is 5.10 Å². The van der Waals surface area contributed by atoms with E-state index in [-0.39, 0.29) is 18.1 Å².